The maximum atomic E-state index is 12.4. The lowest BCUT2D eigenvalue weighted by Crippen LogP contribution is -2.25. The van der Waals surface area contributed by atoms with Gasteiger partial charge in [-0.05, 0) is 32.1 Å². The zero-order valence-corrected chi connectivity index (χ0v) is 20.1. The van der Waals surface area contributed by atoms with Gasteiger partial charge in [0.15, 0.2) is 0 Å². The second kappa shape index (κ2) is 14.7. The Morgan fingerprint density at radius 2 is 1.21 bits per heavy atom. The number of hydrogen-bond donors (Lipinski definition) is 1. The van der Waals surface area contributed by atoms with Gasteiger partial charge in [0.25, 0.3) is 0 Å². The molecule has 0 fully saturated rings. The number of nitrogens with one attached hydrogen (secondary N) is 1. The van der Waals surface area contributed by atoms with Crippen molar-refractivity contribution in [2.24, 2.45) is 10.8 Å². The number of carbonyl (C=O) groups excluding carboxylic acids is 3. The third kappa shape index (κ3) is 14.4. The topological polar surface area (TPSA) is 63.2 Å². The van der Waals surface area contributed by atoms with E-state index in [1.807, 2.05) is 20.8 Å². The predicted octanol–water partition coefficient (Wildman–Crippen LogP) is 6.40. The van der Waals surface area contributed by atoms with Crippen LogP contribution in [0.25, 0.3) is 0 Å². The van der Waals surface area contributed by atoms with Gasteiger partial charge in [0.05, 0.1) is 0 Å². The highest BCUT2D eigenvalue weighted by atomic mass is 16.1. The first-order valence-corrected chi connectivity index (χ1v) is 11.8. The van der Waals surface area contributed by atoms with Crippen molar-refractivity contribution in [3.63, 3.8) is 0 Å². The fourth-order valence-corrected chi connectivity index (χ4v) is 3.32. The summed E-state index contributed by atoms with van der Waals surface area (Å²) in [4.78, 5) is 36.1. The number of unbranched alkanes of at least 4 members (excludes halogenated alkanes) is 6. The molecule has 0 spiro atoms. The number of rotatable bonds is 17. The lowest BCUT2D eigenvalue weighted by Gasteiger charge is -2.23. The van der Waals surface area contributed by atoms with Crippen LogP contribution in [0.4, 0.5) is 0 Å². The van der Waals surface area contributed by atoms with Crippen molar-refractivity contribution >= 4 is 17.5 Å². The van der Waals surface area contributed by atoms with Crippen molar-refractivity contribution in [2.75, 3.05) is 6.54 Å². The third-order valence-electron chi connectivity index (χ3n) is 5.71. The van der Waals surface area contributed by atoms with Gasteiger partial charge in [0.1, 0.15) is 11.6 Å². The predicted molar refractivity (Wildman–Crippen MR) is 122 cm³/mol. The van der Waals surface area contributed by atoms with Crippen LogP contribution in [0.1, 0.15) is 125 Å². The van der Waals surface area contributed by atoms with Crippen LogP contribution in [0.15, 0.2) is 0 Å². The molecule has 0 radical (unpaired) electrons. The minimum absolute atomic E-state index is 0.0671. The van der Waals surface area contributed by atoms with E-state index in [1.165, 1.54) is 19.3 Å². The van der Waals surface area contributed by atoms with E-state index in [9.17, 15) is 14.4 Å². The molecule has 0 bridgehead atoms. The molecule has 1 N–H and O–H groups in total. The van der Waals surface area contributed by atoms with Gasteiger partial charge in [0, 0.05) is 36.6 Å². The minimum Gasteiger partial charge on any atom is -0.356 e. The molecule has 0 atom stereocenters. The molecule has 0 unspecified atom stereocenters. The van der Waals surface area contributed by atoms with Crippen molar-refractivity contribution in [1.82, 2.24) is 5.32 Å². The Hall–Kier alpha value is -1.19. The van der Waals surface area contributed by atoms with Crippen LogP contribution in [-0.2, 0) is 14.4 Å². The quantitative estimate of drug-likeness (QED) is 0.282. The van der Waals surface area contributed by atoms with Crippen molar-refractivity contribution < 1.29 is 14.4 Å². The first-order valence-electron chi connectivity index (χ1n) is 11.8. The minimum atomic E-state index is -0.284. The zero-order chi connectivity index (χ0) is 22.3. The fourth-order valence-electron chi connectivity index (χ4n) is 3.32. The molecule has 0 aliphatic heterocycles. The van der Waals surface area contributed by atoms with E-state index >= 15 is 0 Å². The molecular formula is C25H47NO3. The van der Waals surface area contributed by atoms with E-state index in [-0.39, 0.29) is 22.5 Å². The average molecular weight is 410 g/mol. The maximum Gasteiger partial charge on any atom is 0.219 e. The summed E-state index contributed by atoms with van der Waals surface area (Å²) in [5, 5.41) is 2.95. The average Bonchev–Trinajstić information content (AvgIpc) is 2.63. The lowest BCUT2D eigenvalue weighted by atomic mass is 9.80. The van der Waals surface area contributed by atoms with Crippen LogP contribution >= 0.6 is 0 Å². The smallest absolute Gasteiger partial charge is 0.219 e. The Balaban J connectivity index is 3.71. The van der Waals surface area contributed by atoms with E-state index in [1.54, 1.807) is 0 Å². The molecule has 1 amide bonds. The van der Waals surface area contributed by atoms with Crippen LogP contribution in [0.3, 0.4) is 0 Å². The number of amides is 1. The summed E-state index contributed by atoms with van der Waals surface area (Å²) in [6, 6.07) is 0. The Morgan fingerprint density at radius 1 is 0.655 bits per heavy atom. The van der Waals surface area contributed by atoms with E-state index in [4.69, 9.17) is 0 Å². The van der Waals surface area contributed by atoms with Gasteiger partial charge in [0.2, 0.25) is 5.91 Å². The van der Waals surface area contributed by atoms with Crippen molar-refractivity contribution in [2.45, 2.75) is 125 Å². The molecule has 0 aliphatic carbocycles. The molecule has 4 nitrogen and oxygen atoms in total. The van der Waals surface area contributed by atoms with Crippen LogP contribution in [0, 0.1) is 10.8 Å². The van der Waals surface area contributed by atoms with Gasteiger partial charge in [-0.1, -0.05) is 73.6 Å². The Bertz CT molecular complexity index is 489. The molecule has 0 aliphatic rings. The van der Waals surface area contributed by atoms with Gasteiger partial charge < -0.3 is 5.32 Å². The monoisotopic (exact) mass is 409 g/mol. The van der Waals surface area contributed by atoms with Crippen molar-refractivity contribution in [1.29, 1.82) is 0 Å². The second-order valence-corrected chi connectivity index (χ2v) is 10.2. The summed E-state index contributed by atoms with van der Waals surface area (Å²) >= 11 is 0. The van der Waals surface area contributed by atoms with E-state index < -0.39 is 0 Å². The Labute approximate surface area is 180 Å². The largest absolute Gasteiger partial charge is 0.356 e. The summed E-state index contributed by atoms with van der Waals surface area (Å²) in [6.45, 7) is 12.8. The van der Waals surface area contributed by atoms with Crippen molar-refractivity contribution in [3.05, 3.63) is 0 Å². The van der Waals surface area contributed by atoms with E-state index in [0.717, 1.165) is 44.9 Å². The molecule has 29 heavy (non-hydrogen) atoms. The van der Waals surface area contributed by atoms with Crippen LogP contribution in [0.2, 0.25) is 0 Å². The Morgan fingerprint density at radius 3 is 1.83 bits per heavy atom. The lowest BCUT2D eigenvalue weighted by molar-refractivity contribution is -0.127. The molecule has 0 saturated carbocycles. The highest BCUT2D eigenvalue weighted by Crippen LogP contribution is 2.27. The third-order valence-corrected chi connectivity index (χ3v) is 5.71. The summed E-state index contributed by atoms with van der Waals surface area (Å²) < 4.78 is 0. The first-order chi connectivity index (χ1) is 13.5. The van der Waals surface area contributed by atoms with Crippen LogP contribution < -0.4 is 5.32 Å². The number of Topliss-reactive ketones (excluding diaryl/α,β-unsaturated/α-hetero) is 2. The second-order valence-electron chi connectivity index (χ2n) is 10.2. The maximum absolute atomic E-state index is 12.4. The van der Waals surface area contributed by atoms with Gasteiger partial charge in [-0.25, -0.2) is 0 Å². The summed E-state index contributed by atoms with van der Waals surface area (Å²) in [5.74, 6) is 0.705. The normalized spacial score (nSPS) is 12.1. The zero-order valence-electron chi connectivity index (χ0n) is 20.1. The summed E-state index contributed by atoms with van der Waals surface area (Å²) in [6.07, 6.45) is 11.9. The molecule has 0 aromatic rings. The summed E-state index contributed by atoms with van der Waals surface area (Å²) in [5.41, 5.74) is -0.482. The van der Waals surface area contributed by atoms with E-state index in [2.05, 4.69) is 26.1 Å². The first kappa shape index (κ1) is 27.8. The number of hydrogen-bond acceptors (Lipinski definition) is 3. The van der Waals surface area contributed by atoms with Gasteiger partial charge >= 0.3 is 0 Å². The van der Waals surface area contributed by atoms with E-state index in [0.29, 0.717) is 31.6 Å². The molecular weight excluding hydrogens is 362 g/mol. The van der Waals surface area contributed by atoms with Crippen molar-refractivity contribution in [3.8, 4) is 0 Å². The fraction of sp³-hybridized carbons (Fsp3) is 0.880. The molecule has 170 valence electrons. The van der Waals surface area contributed by atoms with Crippen LogP contribution in [0.5, 0.6) is 0 Å². The van der Waals surface area contributed by atoms with Gasteiger partial charge in [-0.3, -0.25) is 14.4 Å². The highest BCUT2D eigenvalue weighted by molar-refractivity contribution is 5.84. The molecule has 0 aromatic carbocycles. The number of carbonyl (C=O) groups is 3. The summed E-state index contributed by atoms with van der Waals surface area (Å²) in [7, 11) is 0. The Kier molecular flexibility index (Phi) is 14.1. The molecule has 0 rings (SSSR count). The van der Waals surface area contributed by atoms with Gasteiger partial charge in [-0.2, -0.15) is 0 Å². The molecule has 4 heteroatoms. The molecule has 0 saturated heterocycles. The molecule has 0 aromatic heterocycles. The van der Waals surface area contributed by atoms with Crippen LogP contribution in [-0.4, -0.2) is 24.0 Å². The molecule has 0 heterocycles. The SMILES string of the molecule is CCCCCCC(C)(C)C(=O)CCCCCNC(=O)CCCCC(=O)C(C)(C)C. The van der Waals surface area contributed by atoms with Gasteiger partial charge in [-0.15, -0.1) is 0 Å². The standard InChI is InChI=1S/C25H47NO3/c1-7-8-9-14-19-25(5,6)22(28)17-11-10-15-20-26-23(29)18-13-12-16-21(27)24(2,3)4/h7-20H2,1-6H3,(H,26,29). The number of ketones is 2. The highest BCUT2D eigenvalue weighted by Gasteiger charge is 2.25.